The van der Waals surface area contributed by atoms with Crippen molar-refractivity contribution in [3.05, 3.63) is 28.8 Å². The van der Waals surface area contributed by atoms with Gasteiger partial charge in [-0.15, -0.1) is 0 Å². The van der Waals surface area contributed by atoms with Crippen LogP contribution in [0.5, 0.6) is 0 Å². The van der Waals surface area contributed by atoms with Crippen molar-refractivity contribution < 1.29 is 4.79 Å². The summed E-state index contributed by atoms with van der Waals surface area (Å²) >= 11 is 7.71. The maximum Gasteiger partial charge on any atom is 0.253 e. The van der Waals surface area contributed by atoms with E-state index >= 15 is 0 Å². The summed E-state index contributed by atoms with van der Waals surface area (Å²) in [4.78, 5) is 12.3. The Labute approximate surface area is 124 Å². The normalized spacial score (nSPS) is 12.0. The number of anilines is 1. The van der Waals surface area contributed by atoms with Crippen LogP contribution in [0.15, 0.2) is 18.2 Å². The molecule has 2 N–H and O–H groups in total. The van der Waals surface area contributed by atoms with Crippen molar-refractivity contribution in [2.24, 2.45) is 0 Å². The monoisotopic (exact) mass is 300 g/mol. The quantitative estimate of drug-likeness (QED) is 0.808. The summed E-state index contributed by atoms with van der Waals surface area (Å²) in [5.41, 5.74) is 1.43. The molecule has 1 aromatic carbocycles. The van der Waals surface area contributed by atoms with Crippen LogP contribution in [-0.2, 0) is 0 Å². The summed E-state index contributed by atoms with van der Waals surface area (Å²) in [7, 11) is 0. The zero-order chi connectivity index (χ0) is 14.3. The zero-order valence-electron chi connectivity index (χ0n) is 11.6. The number of amides is 1. The first-order chi connectivity index (χ1) is 9.12. The highest BCUT2D eigenvalue weighted by atomic mass is 35.5. The number of carbonyl (C=O) groups excluding carboxylic acids is 1. The minimum Gasteiger partial charge on any atom is -0.385 e. The van der Waals surface area contributed by atoms with Gasteiger partial charge in [-0.1, -0.05) is 18.5 Å². The molecule has 5 heteroatoms. The molecule has 1 aromatic rings. The molecule has 1 atom stereocenters. The molecule has 0 heterocycles. The van der Waals surface area contributed by atoms with Crippen LogP contribution in [-0.4, -0.2) is 30.5 Å². The van der Waals surface area contributed by atoms with Gasteiger partial charge in [0.05, 0.1) is 5.56 Å². The number of nitrogens with one attached hydrogen (secondary N) is 2. The lowest BCUT2D eigenvalue weighted by atomic mass is 10.1. The second-order valence-electron chi connectivity index (χ2n) is 4.25. The molecule has 0 saturated heterocycles. The molecule has 1 unspecified atom stereocenters. The van der Waals surface area contributed by atoms with E-state index in [1.54, 1.807) is 23.9 Å². The first-order valence-electron chi connectivity index (χ1n) is 6.45. The lowest BCUT2D eigenvalue weighted by Crippen LogP contribution is -2.36. The van der Waals surface area contributed by atoms with Crippen molar-refractivity contribution >= 4 is 35.0 Å². The van der Waals surface area contributed by atoms with Gasteiger partial charge in [-0.05, 0) is 37.8 Å². The highest BCUT2D eigenvalue weighted by Gasteiger charge is 2.15. The highest BCUT2D eigenvalue weighted by Crippen LogP contribution is 2.21. The van der Waals surface area contributed by atoms with Gasteiger partial charge in [0.1, 0.15) is 0 Å². The van der Waals surface area contributed by atoms with Gasteiger partial charge >= 0.3 is 0 Å². The zero-order valence-corrected chi connectivity index (χ0v) is 13.2. The maximum atomic E-state index is 12.3. The van der Waals surface area contributed by atoms with E-state index in [-0.39, 0.29) is 11.9 Å². The van der Waals surface area contributed by atoms with Crippen LogP contribution in [0.1, 0.15) is 30.6 Å². The van der Waals surface area contributed by atoms with Crippen LogP contribution in [0.4, 0.5) is 5.69 Å². The minimum absolute atomic E-state index is 0.0700. The first-order valence-corrected chi connectivity index (χ1v) is 8.22. The van der Waals surface area contributed by atoms with E-state index in [0.29, 0.717) is 10.6 Å². The fourth-order valence-corrected chi connectivity index (χ4v) is 2.67. The summed E-state index contributed by atoms with van der Waals surface area (Å²) in [6, 6.07) is 5.53. The van der Waals surface area contributed by atoms with Gasteiger partial charge in [-0.2, -0.15) is 11.8 Å². The van der Waals surface area contributed by atoms with Crippen molar-refractivity contribution in [3.8, 4) is 0 Å². The van der Waals surface area contributed by atoms with Crippen LogP contribution in [0.2, 0.25) is 5.02 Å². The molecule has 0 aliphatic carbocycles. The smallest absolute Gasteiger partial charge is 0.253 e. The molecule has 0 spiro atoms. The Bertz CT molecular complexity index is 426. The van der Waals surface area contributed by atoms with E-state index in [2.05, 4.69) is 17.6 Å². The van der Waals surface area contributed by atoms with Gasteiger partial charge in [0.2, 0.25) is 0 Å². The molecule has 0 aliphatic rings. The van der Waals surface area contributed by atoms with Gasteiger partial charge in [0.15, 0.2) is 0 Å². The number of hydrogen-bond donors (Lipinski definition) is 2. The third-order valence-corrected chi connectivity index (χ3v) is 3.76. The Morgan fingerprint density at radius 2 is 2.16 bits per heavy atom. The third-order valence-electron chi connectivity index (χ3n) is 2.79. The van der Waals surface area contributed by atoms with E-state index in [9.17, 15) is 4.79 Å². The van der Waals surface area contributed by atoms with Crippen LogP contribution in [0, 0.1) is 0 Å². The second kappa shape index (κ2) is 8.33. The molecule has 106 valence electrons. The van der Waals surface area contributed by atoms with E-state index in [1.807, 2.05) is 19.2 Å². The fraction of sp³-hybridized carbons (Fsp3) is 0.500. The van der Waals surface area contributed by atoms with Crippen molar-refractivity contribution in [1.82, 2.24) is 5.32 Å². The number of carbonyl (C=O) groups is 1. The molecule has 3 nitrogen and oxygen atoms in total. The van der Waals surface area contributed by atoms with Crippen LogP contribution in [0.25, 0.3) is 0 Å². The first kappa shape index (κ1) is 16.2. The summed E-state index contributed by atoms with van der Waals surface area (Å²) in [5, 5.41) is 6.81. The van der Waals surface area contributed by atoms with E-state index in [0.717, 1.165) is 24.4 Å². The molecule has 1 amide bonds. The molecule has 0 aliphatic heterocycles. The Hall–Kier alpha value is -0.870. The molecule has 0 bridgehead atoms. The summed E-state index contributed by atoms with van der Waals surface area (Å²) in [5.74, 6) is 0.846. The number of halogens is 1. The Morgan fingerprint density at radius 1 is 1.42 bits per heavy atom. The van der Waals surface area contributed by atoms with Crippen molar-refractivity contribution in [2.75, 3.05) is 23.9 Å². The average Bonchev–Trinajstić information content (AvgIpc) is 2.40. The average molecular weight is 301 g/mol. The Morgan fingerprint density at radius 3 is 2.74 bits per heavy atom. The lowest BCUT2D eigenvalue weighted by Gasteiger charge is -2.17. The molecule has 0 aromatic heterocycles. The molecular weight excluding hydrogens is 280 g/mol. The van der Waals surface area contributed by atoms with Gasteiger partial charge in [-0.3, -0.25) is 4.79 Å². The summed E-state index contributed by atoms with van der Waals surface area (Å²) in [6.45, 7) is 4.84. The van der Waals surface area contributed by atoms with E-state index in [1.165, 1.54) is 0 Å². The van der Waals surface area contributed by atoms with Crippen LogP contribution < -0.4 is 10.6 Å². The predicted octanol–water partition coefficient (Wildman–Crippen LogP) is 3.64. The molecule has 1 rings (SSSR count). The van der Waals surface area contributed by atoms with Gasteiger partial charge in [-0.25, -0.2) is 0 Å². The van der Waals surface area contributed by atoms with Crippen LogP contribution >= 0.6 is 23.4 Å². The van der Waals surface area contributed by atoms with Crippen molar-refractivity contribution in [1.29, 1.82) is 0 Å². The third kappa shape index (κ3) is 4.96. The van der Waals surface area contributed by atoms with Gasteiger partial charge < -0.3 is 10.6 Å². The van der Waals surface area contributed by atoms with E-state index in [4.69, 9.17) is 11.6 Å². The maximum absolute atomic E-state index is 12.3. The van der Waals surface area contributed by atoms with Crippen molar-refractivity contribution in [3.63, 3.8) is 0 Å². The summed E-state index contributed by atoms with van der Waals surface area (Å²) < 4.78 is 0. The lowest BCUT2D eigenvalue weighted by molar-refractivity contribution is 0.0941. The molecular formula is C14H21ClN2OS. The molecule has 0 fully saturated rings. The fourth-order valence-electron chi connectivity index (χ4n) is 1.77. The van der Waals surface area contributed by atoms with E-state index < -0.39 is 0 Å². The van der Waals surface area contributed by atoms with Gasteiger partial charge in [0, 0.05) is 29.0 Å². The molecule has 0 saturated carbocycles. The largest absolute Gasteiger partial charge is 0.385 e. The Kier molecular flexibility index (Phi) is 7.10. The number of rotatable bonds is 7. The minimum atomic E-state index is -0.0700. The predicted molar refractivity (Wildman–Crippen MR) is 85.5 cm³/mol. The van der Waals surface area contributed by atoms with Gasteiger partial charge in [0.25, 0.3) is 5.91 Å². The van der Waals surface area contributed by atoms with Crippen LogP contribution in [0.3, 0.4) is 0 Å². The number of thioether (sulfide) groups is 1. The molecule has 0 radical (unpaired) electrons. The van der Waals surface area contributed by atoms with Crippen molar-refractivity contribution in [2.45, 2.75) is 26.3 Å². The summed E-state index contributed by atoms with van der Waals surface area (Å²) in [6.07, 6.45) is 2.96. The molecule has 19 heavy (non-hydrogen) atoms. The number of hydrogen-bond acceptors (Lipinski definition) is 3. The second-order valence-corrected chi connectivity index (χ2v) is 5.60. The Balaban J connectivity index is 2.87. The standard InChI is InChI=1S/C14H21ClN2OS/c1-4-11(9-19-3)17-14(18)12-8-10(15)6-7-13(12)16-5-2/h6-8,11,16H,4-5,9H2,1-3H3,(H,17,18). The topological polar surface area (TPSA) is 41.1 Å². The SMILES string of the molecule is CCNc1ccc(Cl)cc1C(=O)NC(CC)CSC. The highest BCUT2D eigenvalue weighted by molar-refractivity contribution is 7.98. The number of benzene rings is 1.